The number of nitrogens with zero attached hydrogens (tertiary/aromatic N) is 2. The minimum atomic E-state index is 0.411. The Balaban J connectivity index is 2.28. The van der Waals surface area contributed by atoms with E-state index in [1.807, 2.05) is 6.07 Å². The van der Waals surface area contributed by atoms with Gasteiger partial charge in [0.1, 0.15) is 5.75 Å². The number of benzene rings is 1. The number of nitrogen functional groups attached to an aromatic ring is 1. The van der Waals surface area contributed by atoms with Crippen LogP contribution in [-0.2, 0) is 0 Å². The molecule has 4 nitrogen and oxygen atoms in total. The molecule has 1 heterocycles. The van der Waals surface area contributed by atoms with Crippen LogP contribution in [0.15, 0.2) is 41.0 Å². The fraction of sp³-hybridized carbons (Fsp3) is 0. The molecule has 0 amide bonds. The molecule has 0 spiro atoms. The van der Waals surface area contributed by atoms with Crippen LogP contribution in [0.2, 0.25) is 0 Å². The lowest BCUT2D eigenvalue weighted by Crippen LogP contribution is -1.92. The first-order valence-corrected chi connectivity index (χ1v) is 5.57. The molecule has 17 heavy (non-hydrogen) atoms. The number of aromatic nitrogens is 1. The summed E-state index contributed by atoms with van der Waals surface area (Å²) in [4.78, 5) is 4.05. The molecule has 0 bridgehead atoms. The molecule has 1 aromatic carbocycles. The van der Waals surface area contributed by atoms with E-state index in [4.69, 9.17) is 15.7 Å². The molecule has 2 aromatic rings. The van der Waals surface area contributed by atoms with Crippen LogP contribution < -0.4 is 10.5 Å². The van der Waals surface area contributed by atoms with Crippen LogP contribution in [0.25, 0.3) is 0 Å². The van der Waals surface area contributed by atoms with Gasteiger partial charge in [0.25, 0.3) is 0 Å². The predicted octanol–water partition coefficient (Wildman–Crippen LogP) is 3.09. The van der Waals surface area contributed by atoms with E-state index in [1.54, 1.807) is 30.3 Å². The molecule has 0 aliphatic heterocycles. The average Bonchev–Trinajstić information content (AvgIpc) is 2.33. The minimum absolute atomic E-state index is 0.411. The largest absolute Gasteiger partial charge is 0.438 e. The van der Waals surface area contributed by atoms with Gasteiger partial charge in [-0.2, -0.15) is 5.26 Å². The van der Waals surface area contributed by atoms with Crippen molar-refractivity contribution in [2.45, 2.75) is 0 Å². The highest BCUT2D eigenvalue weighted by Crippen LogP contribution is 2.28. The number of nitrogens with two attached hydrogens (primary N) is 1. The Labute approximate surface area is 107 Å². The third-order valence-electron chi connectivity index (χ3n) is 2.01. The van der Waals surface area contributed by atoms with Gasteiger partial charge in [-0.05, 0) is 40.2 Å². The van der Waals surface area contributed by atoms with Crippen molar-refractivity contribution in [3.63, 3.8) is 0 Å². The molecule has 0 atom stereocenters. The lowest BCUT2D eigenvalue weighted by atomic mass is 10.2. The number of nitriles is 1. The standard InChI is InChI=1S/C12H8BrN3O/c13-11-5-9(15)7-16-12(11)17-10-3-1-2-8(4-10)6-14/h1-5,7H,15H2. The number of rotatable bonds is 2. The van der Waals surface area contributed by atoms with E-state index in [0.29, 0.717) is 27.4 Å². The summed E-state index contributed by atoms with van der Waals surface area (Å²) in [5.74, 6) is 0.969. The Kier molecular flexibility index (Phi) is 3.26. The average molecular weight is 290 g/mol. The van der Waals surface area contributed by atoms with Gasteiger partial charge in [-0.3, -0.25) is 0 Å². The van der Waals surface area contributed by atoms with E-state index in [2.05, 4.69) is 20.9 Å². The number of ether oxygens (including phenoxy) is 1. The zero-order valence-corrected chi connectivity index (χ0v) is 10.3. The molecule has 0 unspecified atom stereocenters. The van der Waals surface area contributed by atoms with E-state index < -0.39 is 0 Å². The van der Waals surface area contributed by atoms with Gasteiger partial charge in [0.05, 0.1) is 28.0 Å². The molecule has 5 heteroatoms. The molecular formula is C12H8BrN3O. The summed E-state index contributed by atoms with van der Waals surface area (Å²) >= 11 is 3.31. The maximum absolute atomic E-state index is 8.77. The van der Waals surface area contributed by atoms with E-state index in [9.17, 15) is 0 Å². The maximum atomic E-state index is 8.77. The van der Waals surface area contributed by atoms with Gasteiger partial charge in [0.15, 0.2) is 0 Å². The highest BCUT2D eigenvalue weighted by Gasteiger charge is 2.05. The monoisotopic (exact) mass is 289 g/mol. The molecule has 2 rings (SSSR count). The Bertz CT molecular complexity index is 593. The summed E-state index contributed by atoms with van der Waals surface area (Å²) < 4.78 is 6.21. The molecule has 1 aromatic heterocycles. The Hall–Kier alpha value is -2.06. The van der Waals surface area contributed by atoms with Crippen LogP contribution in [0, 0.1) is 11.3 Å². The lowest BCUT2D eigenvalue weighted by molar-refractivity contribution is 0.460. The number of anilines is 1. The van der Waals surface area contributed by atoms with Gasteiger partial charge in [0.2, 0.25) is 5.88 Å². The molecule has 0 radical (unpaired) electrons. The fourth-order valence-corrected chi connectivity index (χ4v) is 1.70. The van der Waals surface area contributed by atoms with Crippen LogP contribution in [0.5, 0.6) is 11.6 Å². The summed E-state index contributed by atoms with van der Waals surface area (Å²) in [5, 5.41) is 8.77. The van der Waals surface area contributed by atoms with Crippen molar-refractivity contribution in [1.29, 1.82) is 5.26 Å². The molecule has 0 saturated heterocycles. The maximum Gasteiger partial charge on any atom is 0.233 e. The van der Waals surface area contributed by atoms with Gasteiger partial charge in [-0.1, -0.05) is 6.07 Å². The van der Waals surface area contributed by atoms with Gasteiger partial charge in [-0.25, -0.2) is 4.98 Å². The van der Waals surface area contributed by atoms with Crippen LogP contribution in [0.3, 0.4) is 0 Å². The molecule has 0 aliphatic rings. The van der Waals surface area contributed by atoms with Crippen molar-refractivity contribution in [2.24, 2.45) is 0 Å². The smallest absolute Gasteiger partial charge is 0.233 e. The number of hydrogen-bond acceptors (Lipinski definition) is 4. The first kappa shape index (κ1) is 11.4. The molecular weight excluding hydrogens is 282 g/mol. The predicted molar refractivity (Wildman–Crippen MR) is 67.6 cm³/mol. The number of hydrogen-bond donors (Lipinski definition) is 1. The van der Waals surface area contributed by atoms with Crippen LogP contribution in [0.4, 0.5) is 5.69 Å². The molecule has 0 aliphatic carbocycles. The second-order valence-electron chi connectivity index (χ2n) is 3.30. The van der Waals surface area contributed by atoms with E-state index in [0.717, 1.165) is 0 Å². The normalized spacial score (nSPS) is 9.65. The molecule has 0 saturated carbocycles. The Morgan fingerprint density at radius 3 is 2.88 bits per heavy atom. The van der Waals surface area contributed by atoms with Crippen molar-refractivity contribution in [3.05, 3.63) is 46.6 Å². The highest BCUT2D eigenvalue weighted by molar-refractivity contribution is 9.10. The van der Waals surface area contributed by atoms with Crippen molar-refractivity contribution in [1.82, 2.24) is 4.98 Å². The zero-order valence-electron chi connectivity index (χ0n) is 8.72. The van der Waals surface area contributed by atoms with Gasteiger partial charge >= 0.3 is 0 Å². The first-order valence-electron chi connectivity index (χ1n) is 4.78. The Morgan fingerprint density at radius 2 is 2.18 bits per heavy atom. The van der Waals surface area contributed by atoms with Crippen LogP contribution in [0.1, 0.15) is 5.56 Å². The van der Waals surface area contributed by atoms with Crippen molar-refractivity contribution in [3.8, 4) is 17.7 Å². The van der Waals surface area contributed by atoms with Crippen molar-refractivity contribution < 1.29 is 4.74 Å². The van der Waals surface area contributed by atoms with E-state index in [1.165, 1.54) is 6.20 Å². The van der Waals surface area contributed by atoms with Gasteiger partial charge in [-0.15, -0.1) is 0 Å². The van der Waals surface area contributed by atoms with E-state index >= 15 is 0 Å². The van der Waals surface area contributed by atoms with Crippen molar-refractivity contribution in [2.75, 3.05) is 5.73 Å². The minimum Gasteiger partial charge on any atom is -0.438 e. The summed E-state index contributed by atoms with van der Waals surface area (Å²) in [6.07, 6.45) is 1.51. The van der Waals surface area contributed by atoms with Crippen LogP contribution >= 0.6 is 15.9 Å². The van der Waals surface area contributed by atoms with Gasteiger partial charge < -0.3 is 10.5 Å². The Morgan fingerprint density at radius 1 is 1.35 bits per heavy atom. The van der Waals surface area contributed by atoms with Crippen molar-refractivity contribution >= 4 is 21.6 Å². The lowest BCUT2D eigenvalue weighted by Gasteiger charge is -2.06. The first-order chi connectivity index (χ1) is 8.19. The zero-order chi connectivity index (χ0) is 12.3. The van der Waals surface area contributed by atoms with E-state index in [-0.39, 0.29) is 0 Å². The quantitative estimate of drug-likeness (QED) is 0.922. The third-order valence-corrected chi connectivity index (χ3v) is 2.57. The molecule has 84 valence electrons. The fourth-order valence-electron chi connectivity index (χ4n) is 1.26. The molecule has 0 fully saturated rings. The second-order valence-corrected chi connectivity index (χ2v) is 4.15. The topological polar surface area (TPSA) is 71.9 Å². The second kappa shape index (κ2) is 4.85. The summed E-state index contributed by atoms with van der Waals surface area (Å²) in [7, 11) is 0. The summed E-state index contributed by atoms with van der Waals surface area (Å²) in [5.41, 5.74) is 6.66. The third kappa shape index (κ3) is 2.74. The van der Waals surface area contributed by atoms with Gasteiger partial charge in [0, 0.05) is 0 Å². The number of halogens is 1. The molecule has 2 N–H and O–H groups in total. The SMILES string of the molecule is N#Cc1cccc(Oc2ncc(N)cc2Br)c1. The summed E-state index contributed by atoms with van der Waals surface area (Å²) in [6, 6.07) is 10.6. The number of pyridine rings is 1. The highest BCUT2D eigenvalue weighted by atomic mass is 79.9. The summed E-state index contributed by atoms with van der Waals surface area (Å²) in [6.45, 7) is 0. The van der Waals surface area contributed by atoms with Crippen LogP contribution in [-0.4, -0.2) is 4.98 Å².